The molecule has 8 heteroatoms. The van der Waals surface area contributed by atoms with Crippen LogP contribution in [0.2, 0.25) is 0 Å². The number of rotatable bonds is 5. The normalized spacial score (nSPS) is 20.2. The fraction of sp³-hybridized carbons (Fsp3) is 0.500. The average Bonchev–Trinajstić information content (AvgIpc) is 2.54. The number of nitrogens with zero attached hydrogens (tertiary/aromatic N) is 1. The Hall–Kier alpha value is -2.64. The quantitative estimate of drug-likeness (QED) is 0.367. The summed E-state index contributed by atoms with van der Waals surface area (Å²) in [5.74, 6) is -0.736. The van der Waals surface area contributed by atoms with Crippen LogP contribution in [0.15, 0.2) is 18.2 Å². The van der Waals surface area contributed by atoms with Gasteiger partial charge in [-0.1, -0.05) is 19.8 Å². The number of carbonyl (C=O) groups excluding carboxylic acids is 2. The molecule has 3 N–H and O–H groups in total. The zero-order chi connectivity index (χ0) is 17.7. The largest absolute Gasteiger partial charge is 0.452 e. The van der Waals surface area contributed by atoms with Gasteiger partial charge in [-0.05, 0) is 24.8 Å². The minimum absolute atomic E-state index is 0.000524. The number of benzene rings is 1. The zero-order valence-corrected chi connectivity index (χ0v) is 13.5. The first kappa shape index (κ1) is 17.7. The molecule has 1 aromatic rings. The summed E-state index contributed by atoms with van der Waals surface area (Å²) in [6, 6.07) is 3.57. The molecule has 1 aliphatic rings. The summed E-state index contributed by atoms with van der Waals surface area (Å²) in [5.41, 5.74) is 5.35. The van der Waals surface area contributed by atoms with Crippen LogP contribution in [-0.4, -0.2) is 29.4 Å². The molecule has 1 saturated carbocycles. The van der Waals surface area contributed by atoms with E-state index in [1.54, 1.807) is 0 Å². The molecule has 0 bridgehead atoms. The van der Waals surface area contributed by atoms with Gasteiger partial charge in [0.25, 0.3) is 11.6 Å². The van der Waals surface area contributed by atoms with Crippen molar-refractivity contribution in [3.63, 3.8) is 0 Å². The third-order valence-corrected chi connectivity index (χ3v) is 4.26. The fourth-order valence-corrected chi connectivity index (χ4v) is 2.84. The number of nitrogens with two attached hydrogens (primary N) is 1. The van der Waals surface area contributed by atoms with Gasteiger partial charge < -0.3 is 15.8 Å². The Labute approximate surface area is 139 Å². The van der Waals surface area contributed by atoms with Gasteiger partial charge in [0.2, 0.25) is 0 Å². The molecular formula is C16H21N3O5. The van der Waals surface area contributed by atoms with E-state index in [-0.39, 0.29) is 28.9 Å². The second kappa shape index (κ2) is 7.76. The van der Waals surface area contributed by atoms with Crippen molar-refractivity contribution in [1.29, 1.82) is 0 Å². The van der Waals surface area contributed by atoms with Gasteiger partial charge in [0.05, 0.1) is 16.2 Å². The predicted octanol–water partition coefficient (Wildman–Crippen LogP) is 2.03. The number of carbonyl (C=O) groups is 2. The van der Waals surface area contributed by atoms with Crippen LogP contribution in [-0.2, 0) is 9.53 Å². The number of nitro groups is 1. The Morgan fingerprint density at radius 1 is 1.38 bits per heavy atom. The van der Waals surface area contributed by atoms with Crippen LogP contribution in [0.25, 0.3) is 0 Å². The van der Waals surface area contributed by atoms with E-state index in [0.29, 0.717) is 5.92 Å². The molecule has 24 heavy (non-hydrogen) atoms. The van der Waals surface area contributed by atoms with Crippen molar-refractivity contribution in [3.8, 4) is 0 Å². The van der Waals surface area contributed by atoms with Gasteiger partial charge in [-0.3, -0.25) is 14.9 Å². The predicted molar refractivity (Wildman–Crippen MR) is 87.4 cm³/mol. The van der Waals surface area contributed by atoms with Crippen LogP contribution < -0.4 is 11.1 Å². The third kappa shape index (κ3) is 4.43. The molecule has 2 atom stereocenters. The summed E-state index contributed by atoms with van der Waals surface area (Å²) < 4.78 is 4.95. The Morgan fingerprint density at radius 3 is 2.71 bits per heavy atom. The first-order chi connectivity index (χ1) is 11.4. The smallest absolute Gasteiger partial charge is 0.340 e. The number of amides is 1. The van der Waals surface area contributed by atoms with Gasteiger partial charge in [-0.25, -0.2) is 4.79 Å². The van der Waals surface area contributed by atoms with Crippen LogP contribution in [0.4, 0.5) is 11.4 Å². The second-order valence-corrected chi connectivity index (χ2v) is 6.04. The lowest BCUT2D eigenvalue weighted by Gasteiger charge is -2.29. The van der Waals surface area contributed by atoms with Crippen LogP contribution in [0.3, 0.4) is 0 Å². The summed E-state index contributed by atoms with van der Waals surface area (Å²) >= 11 is 0. The summed E-state index contributed by atoms with van der Waals surface area (Å²) in [7, 11) is 0. The van der Waals surface area contributed by atoms with Crippen LogP contribution in [0.1, 0.15) is 43.0 Å². The highest BCUT2D eigenvalue weighted by molar-refractivity contribution is 5.96. The van der Waals surface area contributed by atoms with Crippen molar-refractivity contribution >= 4 is 23.3 Å². The van der Waals surface area contributed by atoms with E-state index in [9.17, 15) is 19.7 Å². The van der Waals surface area contributed by atoms with Crippen LogP contribution >= 0.6 is 0 Å². The molecule has 1 fully saturated rings. The first-order valence-corrected chi connectivity index (χ1v) is 7.89. The molecule has 1 amide bonds. The molecule has 0 aliphatic heterocycles. The minimum atomic E-state index is -0.783. The highest BCUT2D eigenvalue weighted by atomic mass is 16.6. The maximum Gasteiger partial charge on any atom is 0.340 e. The van der Waals surface area contributed by atoms with Crippen LogP contribution in [0, 0.1) is 16.0 Å². The molecule has 130 valence electrons. The standard InChI is InChI=1S/C16H21N3O5/c1-10-4-2-3-5-14(10)18-15(20)9-24-16(21)12-7-6-11(19(22)23)8-13(12)17/h6-8,10,14H,2-5,9,17H2,1H3,(H,18,20)/t10-,14-/m1/s1. The van der Waals surface area contributed by atoms with E-state index >= 15 is 0 Å². The summed E-state index contributed by atoms with van der Waals surface area (Å²) in [4.78, 5) is 33.9. The maximum atomic E-state index is 12.0. The molecule has 0 aromatic heterocycles. The van der Waals surface area contributed by atoms with Crippen LogP contribution in [0.5, 0.6) is 0 Å². The van der Waals surface area contributed by atoms with Crippen molar-refractivity contribution in [2.24, 2.45) is 5.92 Å². The van der Waals surface area contributed by atoms with E-state index in [2.05, 4.69) is 12.2 Å². The molecule has 2 rings (SSSR count). The number of nitrogen functional groups attached to an aromatic ring is 1. The van der Waals surface area contributed by atoms with E-state index in [0.717, 1.165) is 31.4 Å². The Balaban J connectivity index is 1.88. The minimum Gasteiger partial charge on any atom is -0.452 e. The monoisotopic (exact) mass is 335 g/mol. The second-order valence-electron chi connectivity index (χ2n) is 6.04. The van der Waals surface area contributed by atoms with Crippen molar-refractivity contribution in [2.45, 2.75) is 38.6 Å². The van der Waals surface area contributed by atoms with Crippen molar-refractivity contribution in [1.82, 2.24) is 5.32 Å². The lowest BCUT2D eigenvalue weighted by Crippen LogP contribution is -2.42. The van der Waals surface area contributed by atoms with E-state index in [1.807, 2.05) is 0 Å². The van der Waals surface area contributed by atoms with E-state index in [4.69, 9.17) is 10.5 Å². The molecule has 0 saturated heterocycles. The molecule has 0 heterocycles. The molecule has 1 aliphatic carbocycles. The summed E-state index contributed by atoms with van der Waals surface area (Å²) in [5, 5.41) is 13.5. The highest BCUT2D eigenvalue weighted by Crippen LogP contribution is 2.24. The Bertz CT molecular complexity index is 647. The SMILES string of the molecule is C[C@@H]1CCCC[C@H]1NC(=O)COC(=O)c1ccc([N+](=O)[O-])cc1N. The average molecular weight is 335 g/mol. The lowest BCUT2D eigenvalue weighted by atomic mass is 9.86. The van der Waals surface area contributed by atoms with Gasteiger partial charge in [0.1, 0.15) is 0 Å². The number of ether oxygens (including phenoxy) is 1. The molecule has 0 radical (unpaired) electrons. The van der Waals surface area contributed by atoms with Gasteiger partial charge in [-0.15, -0.1) is 0 Å². The maximum absolute atomic E-state index is 12.0. The zero-order valence-electron chi connectivity index (χ0n) is 13.5. The number of non-ortho nitro benzene ring substituents is 1. The van der Waals surface area contributed by atoms with Crippen molar-refractivity contribution in [3.05, 3.63) is 33.9 Å². The number of anilines is 1. The lowest BCUT2D eigenvalue weighted by molar-refractivity contribution is -0.384. The van der Waals surface area contributed by atoms with Crippen molar-refractivity contribution in [2.75, 3.05) is 12.3 Å². The first-order valence-electron chi connectivity index (χ1n) is 7.89. The number of nitrogens with one attached hydrogen (secondary N) is 1. The highest BCUT2D eigenvalue weighted by Gasteiger charge is 2.23. The van der Waals surface area contributed by atoms with Gasteiger partial charge in [0, 0.05) is 18.2 Å². The molecule has 0 unspecified atom stereocenters. The summed E-state index contributed by atoms with van der Waals surface area (Å²) in [6.07, 6.45) is 4.25. The van der Waals surface area contributed by atoms with Crippen molar-refractivity contribution < 1.29 is 19.2 Å². The third-order valence-electron chi connectivity index (χ3n) is 4.26. The molecule has 8 nitrogen and oxygen atoms in total. The molecular weight excluding hydrogens is 314 g/mol. The van der Waals surface area contributed by atoms with E-state index in [1.165, 1.54) is 12.5 Å². The Kier molecular flexibility index (Phi) is 5.73. The number of hydrogen-bond donors (Lipinski definition) is 2. The topological polar surface area (TPSA) is 125 Å². The number of nitro benzene ring substituents is 1. The van der Waals surface area contributed by atoms with Gasteiger partial charge in [-0.2, -0.15) is 0 Å². The fourth-order valence-electron chi connectivity index (χ4n) is 2.84. The van der Waals surface area contributed by atoms with Gasteiger partial charge >= 0.3 is 5.97 Å². The molecule has 0 spiro atoms. The van der Waals surface area contributed by atoms with Gasteiger partial charge in [0.15, 0.2) is 6.61 Å². The number of esters is 1. The molecule has 1 aromatic carbocycles. The number of hydrogen-bond acceptors (Lipinski definition) is 6. The summed E-state index contributed by atoms with van der Waals surface area (Å²) in [6.45, 7) is 1.69. The van der Waals surface area contributed by atoms with E-state index < -0.39 is 17.5 Å². The Morgan fingerprint density at radius 2 is 2.08 bits per heavy atom.